The Balaban J connectivity index is 3.89. The largest absolute Gasteiger partial charge is 0.401 e. The number of rotatable bonds is 6. The van der Waals surface area contributed by atoms with Crippen molar-refractivity contribution in [3.05, 3.63) is 0 Å². The van der Waals surface area contributed by atoms with Crippen molar-refractivity contribution in [2.45, 2.75) is 38.5 Å². The summed E-state index contributed by atoms with van der Waals surface area (Å²) in [4.78, 5) is 1.17. The molecular weight excluding hydrogens is 219 g/mol. The van der Waals surface area contributed by atoms with E-state index in [-0.39, 0.29) is 12.6 Å². The van der Waals surface area contributed by atoms with E-state index in [4.69, 9.17) is 5.26 Å². The molecule has 94 valence electrons. The number of hydrogen-bond donors (Lipinski definition) is 1. The van der Waals surface area contributed by atoms with Crippen LogP contribution in [0.5, 0.6) is 0 Å². The molecule has 1 atom stereocenters. The molecular formula is C10H18F3N3. The van der Waals surface area contributed by atoms with Gasteiger partial charge >= 0.3 is 6.18 Å². The maximum atomic E-state index is 12.0. The molecule has 0 fully saturated rings. The molecule has 0 aliphatic heterocycles. The first kappa shape index (κ1) is 15.2. The van der Waals surface area contributed by atoms with Gasteiger partial charge in [0.25, 0.3) is 0 Å². The Morgan fingerprint density at radius 2 is 1.94 bits per heavy atom. The molecule has 0 aromatic carbocycles. The van der Waals surface area contributed by atoms with Gasteiger partial charge in [-0.15, -0.1) is 0 Å². The lowest BCUT2D eigenvalue weighted by molar-refractivity contribution is -0.143. The van der Waals surface area contributed by atoms with Gasteiger partial charge in [-0.1, -0.05) is 0 Å². The van der Waals surface area contributed by atoms with Gasteiger partial charge in [0, 0.05) is 12.6 Å². The fourth-order valence-corrected chi connectivity index (χ4v) is 1.32. The van der Waals surface area contributed by atoms with Crippen LogP contribution < -0.4 is 5.32 Å². The second-order valence-corrected chi connectivity index (χ2v) is 4.14. The van der Waals surface area contributed by atoms with E-state index in [0.717, 1.165) is 0 Å². The van der Waals surface area contributed by atoms with Crippen molar-refractivity contribution in [1.82, 2.24) is 10.2 Å². The first-order valence-electron chi connectivity index (χ1n) is 5.15. The summed E-state index contributed by atoms with van der Waals surface area (Å²) >= 11 is 0. The molecule has 0 aromatic rings. The monoisotopic (exact) mass is 237 g/mol. The predicted molar refractivity (Wildman–Crippen MR) is 55.8 cm³/mol. The number of nitriles is 1. The molecule has 1 unspecified atom stereocenters. The summed E-state index contributed by atoms with van der Waals surface area (Å²) in [5.74, 6) is 0. The van der Waals surface area contributed by atoms with Gasteiger partial charge in [-0.2, -0.15) is 18.4 Å². The van der Waals surface area contributed by atoms with Crippen molar-refractivity contribution in [3.63, 3.8) is 0 Å². The van der Waals surface area contributed by atoms with Crippen molar-refractivity contribution < 1.29 is 13.2 Å². The van der Waals surface area contributed by atoms with Gasteiger partial charge in [-0.3, -0.25) is 10.2 Å². The summed E-state index contributed by atoms with van der Waals surface area (Å²) < 4.78 is 36.0. The molecule has 0 saturated heterocycles. The van der Waals surface area contributed by atoms with Crippen molar-refractivity contribution >= 4 is 0 Å². The summed E-state index contributed by atoms with van der Waals surface area (Å²) in [6, 6.07) is 1.79. The van der Waals surface area contributed by atoms with Gasteiger partial charge in [0.2, 0.25) is 0 Å². The average molecular weight is 237 g/mol. The lowest BCUT2D eigenvalue weighted by Gasteiger charge is -2.21. The molecule has 0 aliphatic rings. The second-order valence-electron chi connectivity index (χ2n) is 4.14. The van der Waals surface area contributed by atoms with Gasteiger partial charge in [-0.25, -0.2) is 0 Å². The van der Waals surface area contributed by atoms with E-state index in [1.54, 1.807) is 0 Å². The number of nitrogens with zero attached hydrogens (tertiary/aromatic N) is 2. The minimum atomic E-state index is -4.18. The Morgan fingerprint density at radius 1 is 1.38 bits per heavy atom. The van der Waals surface area contributed by atoms with Gasteiger partial charge < -0.3 is 0 Å². The summed E-state index contributed by atoms with van der Waals surface area (Å²) in [7, 11) is 1.40. The van der Waals surface area contributed by atoms with E-state index < -0.39 is 18.8 Å². The molecule has 0 heterocycles. The minimum absolute atomic E-state index is 0.151. The quantitative estimate of drug-likeness (QED) is 0.765. The molecule has 0 radical (unpaired) electrons. The van der Waals surface area contributed by atoms with Crippen molar-refractivity contribution in [3.8, 4) is 6.07 Å². The van der Waals surface area contributed by atoms with Crippen molar-refractivity contribution in [2.24, 2.45) is 0 Å². The maximum Gasteiger partial charge on any atom is 0.401 e. The van der Waals surface area contributed by atoms with Crippen LogP contribution in [0.25, 0.3) is 0 Å². The molecule has 0 saturated carbocycles. The zero-order valence-electron chi connectivity index (χ0n) is 9.80. The third kappa shape index (κ3) is 8.50. The molecule has 0 bridgehead atoms. The second kappa shape index (κ2) is 6.71. The van der Waals surface area contributed by atoms with Crippen LogP contribution in [0, 0.1) is 11.3 Å². The Kier molecular flexibility index (Phi) is 6.38. The maximum absolute atomic E-state index is 12.0. The predicted octanol–water partition coefficient (Wildman–Crippen LogP) is 1.76. The van der Waals surface area contributed by atoms with Crippen molar-refractivity contribution in [2.75, 3.05) is 20.1 Å². The van der Waals surface area contributed by atoms with Crippen LogP contribution in [0.4, 0.5) is 13.2 Å². The summed E-state index contributed by atoms with van der Waals surface area (Å²) in [6.07, 6.45) is -3.79. The molecule has 0 rings (SSSR count). The van der Waals surface area contributed by atoms with E-state index in [2.05, 4.69) is 5.32 Å². The molecule has 0 amide bonds. The molecule has 6 heteroatoms. The van der Waals surface area contributed by atoms with E-state index in [9.17, 15) is 13.2 Å². The molecule has 3 nitrogen and oxygen atoms in total. The third-order valence-corrected chi connectivity index (χ3v) is 1.94. The van der Waals surface area contributed by atoms with E-state index >= 15 is 0 Å². The van der Waals surface area contributed by atoms with Crippen LogP contribution in [0.3, 0.4) is 0 Å². The Labute approximate surface area is 94.2 Å². The third-order valence-electron chi connectivity index (χ3n) is 1.94. The fourth-order valence-electron chi connectivity index (χ4n) is 1.32. The highest BCUT2D eigenvalue weighted by atomic mass is 19.4. The van der Waals surface area contributed by atoms with Gasteiger partial charge in [0.1, 0.15) is 0 Å². The molecule has 0 aliphatic carbocycles. The lowest BCUT2D eigenvalue weighted by Crippen LogP contribution is -2.38. The first-order chi connectivity index (χ1) is 7.24. The Bertz CT molecular complexity index is 232. The zero-order valence-corrected chi connectivity index (χ0v) is 9.80. The van der Waals surface area contributed by atoms with Gasteiger partial charge in [-0.05, 0) is 27.3 Å². The van der Waals surface area contributed by atoms with Crippen LogP contribution >= 0.6 is 0 Å². The van der Waals surface area contributed by atoms with E-state index in [1.165, 1.54) is 11.9 Å². The number of hydrogen-bond acceptors (Lipinski definition) is 3. The molecule has 0 spiro atoms. The lowest BCUT2D eigenvalue weighted by atomic mass is 10.2. The normalized spacial score (nSPS) is 14.2. The van der Waals surface area contributed by atoms with E-state index in [1.807, 2.05) is 19.9 Å². The number of nitrogens with one attached hydrogen (secondary N) is 1. The fraction of sp³-hybridized carbons (Fsp3) is 0.900. The van der Waals surface area contributed by atoms with Gasteiger partial charge in [0.05, 0.1) is 18.7 Å². The van der Waals surface area contributed by atoms with Crippen LogP contribution in [0.2, 0.25) is 0 Å². The van der Waals surface area contributed by atoms with Crippen LogP contribution in [0.1, 0.15) is 20.3 Å². The highest BCUT2D eigenvalue weighted by Gasteiger charge is 2.29. The molecule has 16 heavy (non-hydrogen) atoms. The zero-order chi connectivity index (χ0) is 12.8. The van der Waals surface area contributed by atoms with Crippen LogP contribution in [0.15, 0.2) is 0 Å². The van der Waals surface area contributed by atoms with Crippen LogP contribution in [-0.4, -0.2) is 43.3 Å². The summed E-state index contributed by atoms with van der Waals surface area (Å²) in [5, 5.41) is 11.7. The average Bonchev–Trinajstić information content (AvgIpc) is 2.08. The first-order valence-corrected chi connectivity index (χ1v) is 5.15. The SMILES string of the molecule is CC(C)NC(C#N)CCN(C)CC(F)(F)F. The molecule has 0 aromatic heterocycles. The highest BCUT2D eigenvalue weighted by molar-refractivity contribution is 4.91. The standard InChI is InChI=1S/C10H18F3N3/c1-8(2)15-9(6-14)4-5-16(3)7-10(11,12)13/h8-9,15H,4-5,7H2,1-3H3. The smallest absolute Gasteiger partial charge is 0.300 e. The Hall–Kier alpha value is -0.800. The Morgan fingerprint density at radius 3 is 2.31 bits per heavy atom. The number of halogens is 3. The number of alkyl halides is 3. The minimum Gasteiger partial charge on any atom is -0.300 e. The van der Waals surface area contributed by atoms with Crippen molar-refractivity contribution in [1.29, 1.82) is 5.26 Å². The van der Waals surface area contributed by atoms with Gasteiger partial charge in [0.15, 0.2) is 0 Å². The summed E-state index contributed by atoms with van der Waals surface area (Å²) in [5.41, 5.74) is 0. The summed E-state index contributed by atoms with van der Waals surface area (Å²) in [6.45, 7) is 3.10. The highest BCUT2D eigenvalue weighted by Crippen LogP contribution is 2.15. The molecule has 1 N–H and O–H groups in total. The van der Waals surface area contributed by atoms with Crippen LogP contribution in [-0.2, 0) is 0 Å². The van der Waals surface area contributed by atoms with E-state index in [0.29, 0.717) is 6.42 Å². The topological polar surface area (TPSA) is 39.1 Å².